The van der Waals surface area contributed by atoms with Gasteiger partial charge in [-0.2, -0.15) is 5.26 Å². The molecule has 0 aliphatic carbocycles. The summed E-state index contributed by atoms with van der Waals surface area (Å²) in [5, 5.41) is 20.1. The van der Waals surface area contributed by atoms with Gasteiger partial charge in [-0.05, 0) is 63.6 Å². The van der Waals surface area contributed by atoms with Crippen molar-refractivity contribution in [2.75, 3.05) is 11.5 Å². The number of fused-ring (bicyclic) bond motifs is 1. The summed E-state index contributed by atoms with van der Waals surface area (Å²) < 4.78 is 31.1. The molecule has 186 valence electrons. The molecular weight excluding hydrogens is 464 g/mol. The molecule has 0 saturated carbocycles. The number of benzene rings is 2. The molecule has 1 N–H and O–H groups in total. The van der Waals surface area contributed by atoms with E-state index in [9.17, 15) is 23.9 Å². The number of aliphatic hydroxyl groups is 1. The summed E-state index contributed by atoms with van der Waals surface area (Å²) in [6.45, 7) is 6.20. The zero-order chi connectivity index (χ0) is 26.3. The largest absolute Gasteiger partial charge is 0.487 e. The van der Waals surface area contributed by atoms with E-state index in [4.69, 9.17) is 4.74 Å². The number of hydrogen-bond donors (Lipinski definition) is 1. The molecule has 0 saturated heterocycles. The third-order valence-electron chi connectivity index (χ3n) is 6.23. The number of anilines is 1. The molecule has 0 unspecified atom stereocenters. The Hall–Kier alpha value is -3.83. The molecule has 0 atom stereocenters. The summed E-state index contributed by atoms with van der Waals surface area (Å²) in [4.78, 5) is 19.8. The lowest BCUT2D eigenvalue weighted by Gasteiger charge is -2.20. The Bertz CT molecular complexity index is 1340. The van der Waals surface area contributed by atoms with Gasteiger partial charge >= 0.3 is 0 Å². The Morgan fingerprint density at radius 2 is 1.78 bits per heavy atom. The Labute approximate surface area is 208 Å². The fraction of sp³-hybridized carbons (Fsp3) is 0.321. The van der Waals surface area contributed by atoms with E-state index in [0.717, 1.165) is 5.56 Å². The van der Waals surface area contributed by atoms with Crippen molar-refractivity contribution in [1.82, 2.24) is 4.98 Å². The minimum atomic E-state index is -2.65. The first-order valence-corrected chi connectivity index (χ1v) is 11.5. The number of para-hydroxylation sites is 1. The van der Waals surface area contributed by atoms with Gasteiger partial charge in [0.1, 0.15) is 18.0 Å². The summed E-state index contributed by atoms with van der Waals surface area (Å²) in [5.41, 5.74) is 1.58. The quantitative estimate of drug-likeness (QED) is 0.466. The van der Waals surface area contributed by atoms with Crippen molar-refractivity contribution >= 4 is 11.6 Å². The Morgan fingerprint density at radius 1 is 1.11 bits per heavy atom. The number of amides is 1. The number of carbonyl (C=O) groups excluding carboxylic acids is 1. The number of alkyl halides is 2. The van der Waals surface area contributed by atoms with Crippen LogP contribution in [0.5, 0.6) is 5.75 Å². The van der Waals surface area contributed by atoms with Gasteiger partial charge in [-0.3, -0.25) is 4.79 Å². The second kappa shape index (κ2) is 9.32. The van der Waals surface area contributed by atoms with E-state index in [2.05, 4.69) is 11.1 Å². The van der Waals surface area contributed by atoms with Crippen LogP contribution in [0, 0.1) is 11.3 Å². The van der Waals surface area contributed by atoms with Gasteiger partial charge in [0, 0.05) is 22.4 Å². The SMILES string of the molecule is CC(C)(O)c1cc2c(c(-c3ccccc3OCC(F)F)n1)CN(c1ccc(C(C)(C)C#N)cc1)C2=O. The van der Waals surface area contributed by atoms with Crippen molar-refractivity contribution in [3.8, 4) is 23.1 Å². The summed E-state index contributed by atoms with van der Waals surface area (Å²) in [6, 6.07) is 17.8. The third kappa shape index (κ3) is 4.79. The van der Waals surface area contributed by atoms with Crippen LogP contribution in [0.1, 0.15) is 54.9 Å². The van der Waals surface area contributed by atoms with Crippen LogP contribution in [0.4, 0.5) is 14.5 Å². The first-order valence-electron chi connectivity index (χ1n) is 11.5. The fourth-order valence-electron chi connectivity index (χ4n) is 4.11. The highest BCUT2D eigenvalue weighted by Gasteiger charge is 2.35. The number of hydrogen-bond acceptors (Lipinski definition) is 5. The maximum Gasteiger partial charge on any atom is 0.272 e. The van der Waals surface area contributed by atoms with Gasteiger partial charge in [0.05, 0.1) is 29.4 Å². The van der Waals surface area contributed by atoms with E-state index in [1.807, 2.05) is 26.0 Å². The predicted octanol–water partition coefficient (Wildman–Crippen LogP) is 5.58. The van der Waals surface area contributed by atoms with Gasteiger partial charge < -0.3 is 14.7 Å². The van der Waals surface area contributed by atoms with Gasteiger partial charge in [0.2, 0.25) is 0 Å². The fourth-order valence-corrected chi connectivity index (χ4v) is 4.11. The number of halogens is 2. The molecule has 0 spiro atoms. The normalized spacial score (nSPS) is 13.6. The standard InChI is InChI=1S/C28H27F2N3O3/c1-27(2,16-31)17-9-11-18(12-10-17)33-14-21-20(26(33)34)13-23(28(3,4)35)32-25(21)19-7-5-6-8-22(19)36-15-24(29)30/h5-13,24,35H,14-15H2,1-4H3. The van der Waals surface area contributed by atoms with Crippen molar-refractivity contribution in [2.45, 2.75) is 51.7 Å². The second-order valence-electron chi connectivity index (χ2n) is 9.81. The molecule has 1 amide bonds. The van der Waals surface area contributed by atoms with Crippen LogP contribution in [0.25, 0.3) is 11.3 Å². The molecular formula is C28H27F2N3O3. The van der Waals surface area contributed by atoms with Crippen molar-refractivity contribution < 1.29 is 23.4 Å². The molecule has 1 aliphatic heterocycles. The van der Waals surface area contributed by atoms with Crippen molar-refractivity contribution in [3.05, 3.63) is 77.0 Å². The molecule has 2 heterocycles. The van der Waals surface area contributed by atoms with Crippen LogP contribution in [0.15, 0.2) is 54.6 Å². The van der Waals surface area contributed by atoms with Crippen molar-refractivity contribution in [1.29, 1.82) is 5.26 Å². The first-order chi connectivity index (χ1) is 16.9. The molecule has 3 aromatic rings. The van der Waals surface area contributed by atoms with Crippen molar-refractivity contribution in [3.63, 3.8) is 0 Å². The number of pyridine rings is 1. The summed E-state index contributed by atoms with van der Waals surface area (Å²) in [6.07, 6.45) is -2.65. The molecule has 36 heavy (non-hydrogen) atoms. The topological polar surface area (TPSA) is 86.4 Å². The van der Waals surface area contributed by atoms with Crippen LogP contribution in [-0.4, -0.2) is 29.0 Å². The molecule has 2 aromatic carbocycles. The zero-order valence-electron chi connectivity index (χ0n) is 20.5. The molecule has 1 aliphatic rings. The minimum absolute atomic E-state index is 0.201. The van der Waals surface area contributed by atoms with Gasteiger partial charge in [-0.1, -0.05) is 24.3 Å². The maximum absolute atomic E-state index is 13.5. The van der Waals surface area contributed by atoms with Crippen LogP contribution in [0.2, 0.25) is 0 Å². The Balaban J connectivity index is 1.81. The highest BCUT2D eigenvalue weighted by Crippen LogP contribution is 2.40. The minimum Gasteiger partial charge on any atom is -0.487 e. The number of carbonyl (C=O) groups is 1. The smallest absolute Gasteiger partial charge is 0.272 e. The lowest BCUT2D eigenvalue weighted by Crippen LogP contribution is -2.23. The molecule has 6 nitrogen and oxygen atoms in total. The number of nitrogens with zero attached hydrogens (tertiary/aromatic N) is 3. The van der Waals surface area contributed by atoms with Gasteiger partial charge in [0.25, 0.3) is 12.3 Å². The summed E-state index contributed by atoms with van der Waals surface area (Å²) in [5.74, 6) is -0.0493. The van der Waals surface area contributed by atoms with E-state index in [0.29, 0.717) is 28.1 Å². The average Bonchev–Trinajstić information content (AvgIpc) is 3.18. The third-order valence-corrected chi connectivity index (χ3v) is 6.23. The maximum atomic E-state index is 13.5. The monoisotopic (exact) mass is 491 g/mol. The molecule has 0 fully saturated rings. The molecule has 0 radical (unpaired) electrons. The van der Waals surface area contributed by atoms with E-state index in [-0.39, 0.29) is 23.9 Å². The Morgan fingerprint density at radius 3 is 2.39 bits per heavy atom. The van der Waals surface area contributed by atoms with E-state index < -0.39 is 24.0 Å². The highest BCUT2D eigenvalue weighted by molar-refractivity contribution is 6.11. The van der Waals surface area contributed by atoms with Crippen LogP contribution >= 0.6 is 0 Å². The number of nitriles is 1. The molecule has 1 aromatic heterocycles. The van der Waals surface area contributed by atoms with E-state index in [1.54, 1.807) is 61.2 Å². The number of rotatable bonds is 7. The van der Waals surface area contributed by atoms with Gasteiger partial charge in [-0.15, -0.1) is 0 Å². The van der Waals surface area contributed by atoms with Gasteiger partial charge in [-0.25, -0.2) is 13.8 Å². The summed E-state index contributed by atoms with van der Waals surface area (Å²) >= 11 is 0. The number of ether oxygens (including phenoxy) is 1. The molecule has 4 rings (SSSR count). The molecule has 0 bridgehead atoms. The molecule has 8 heteroatoms. The van der Waals surface area contributed by atoms with E-state index >= 15 is 0 Å². The Kier molecular flexibility index (Phi) is 6.54. The average molecular weight is 492 g/mol. The van der Waals surface area contributed by atoms with Gasteiger partial charge in [0.15, 0.2) is 0 Å². The lowest BCUT2D eigenvalue weighted by molar-refractivity contribution is 0.0738. The number of aromatic nitrogens is 1. The van der Waals surface area contributed by atoms with Crippen LogP contribution in [-0.2, 0) is 17.6 Å². The van der Waals surface area contributed by atoms with Crippen molar-refractivity contribution in [2.24, 2.45) is 0 Å². The second-order valence-corrected chi connectivity index (χ2v) is 9.81. The van der Waals surface area contributed by atoms with Crippen LogP contribution < -0.4 is 9.64 Å². The lowest BCUT2D eigenvalue weighted by atomic mass is 9.86. The zero-order valence-corrected chi connectivity index (χ0v) is 20.5. The van der Waals surface area contributed by atoms with Crippen LogP contribution in [0.3, 0.4) is 0 Å². The van der Waals surface area contributed by atoms with E-state index in [1.165, 1.54) is 0 Å². The predicted molar refractivity (Wildman–Crippen MR) is 132 cm³/mol. The summed E-state index contributed by atoms with van der Waals surface area (Å²) in [7, 11) is 0. The highest BCUT2D eigenvalue weighted by atomic mass is 19.3. The first kappa shape index (κ1) is 25.3.